The summed E-state index contributed by atoms with van der Waals surface area (Å²) in [4.78, 5) is 19.3. The monoisotopic (exact) mass is 305 g/mol. The molecule has 0 aliphatic rings. The molecule has 0 spiro atoms. The number of aromatic carboxylic acids is 1. The van der Waals surface area contributed by atoms with Crippen molar-refractivity contribution in [3.8, 4) is 11.6 Å². The van der Waals surface area contributed by atoms with Crippen molar-refractivity contribution in [3.63, 3.8) is 0 Å². The molecule has 2 N–H and O–H groups in total. The quantitative estimate of drug-likeness (QED) is 0.545. The van der Waals surface area contributed by atoms with E-state index in [1.807, 2.05) is 13.0 Å². The summed E-state index contributed by atoms with van der Waals surface area (Å²) >= 11 is 0. The van der Waals surface area contributed by atoms with E-state index in [0.29, 0.717) is 17.3 Å². The third kappa shape index (κ3) is 3.80. The van der Waals surface area contributed by atoms with Gasteiger partial charge in [0.2, 0.25) is 0 Å². The maximum Gasteiger partial charge on any atom is 1.00 e. The fraction of sp³-hybridized carbons (Fsp3) is 0.143. The second-order valence-corrected chi connectivity index (χ2v) is 4.73. The molecule has 3 aromatic heterocycles. The van der Waals surface area contributed by atoms with E-state index in [4.69, 9.17) is 4.42 Å². The summed E-state index contributed by atoms with van der Waals surface area (Å²) in [6.07, 6.45) is 0. The van der Waals surface area contributed by atoms with Crippen LogP contribution in [0.2, 0.25) is 0 Å². The van der Waals surface area contributed by atoms with E-state index in [9.17, 15) is 9.90 Å². The van der Waals surface area contributed by atoms with Crippen LogP contribution < -0.4 is 29.3 Å². The maximum atomic E-state index is 10.8. The Hall–Kier alpha value is -2.56. The van der Waals surface area contributed by atoms with Crippen molar-refractivity contribution >= 4 is 17.6 Å². The average molecular weight is 305 g/mol. The Balaban J connectivity index is 0.00000192. The molecule has 0 unspecified atom stereocenters. The first kappa shape index (κ1) is 16.8. The molecule has 0 radical (unpaired) electrons. The number of nitrogens with zero attached hydrogens (tertiary/aromatic N) is 3. The molecule has 0 aliphatic heterocycles. The van der Waals surface area contributed by atoms with Crippen molar-refractivity contribution in [3.05, 3.63) is 41.4 Å². The molecule has 3 heterocycles. The number of carboxylic acid groups (broad SMARTS) is 1. The molecule has 9 heteroatoms. The van der Waals surface area contributed by atoms with Gasteiger partial charge < -0.3 is 19.6 Å². The predicted molar refractivity (Wildman–Crippen MR) is 75.4 cm³/mol. The topological polar surface area (TPSA) is 120 Å². The van der Waals surface area contributed by atoms with E-state index in [0.717, 1.165) is 5.69 Å². The van der Waals surface area contributed by atoms with Gasteiger partial charge in [0.05, 0.1) is 0 Å². The molecule has 0 aromatic carbocycles. The zero-order chi connectivity index (χ0) is 15.7. The van der Waals surface area contributed by atoms with Gasteiger partial charge in [0.1, 0.15) is 17.5 Å². The number of nitrogens with one attached hydrogen (secondary N) is 2. The van der Waals surface area contributed by atoms with Crippen molar-refractivity contribution in [2.45, 2.75) is 13.8 Å². The summed E-state index contributed by atoms with van der Waals surface area (Å²) in [7, 11) is 0. The Morgan fingerprint density at radius 3 is 2.61 bits per heavy atom. The van der Waals surface area contributed by atoms with E-state index in [1.165, 1.54) is 12.1 Å². The smallest absolute Gasteiger partial charge is 0.542 e. The van der Waals surface area contributed by atoms with Crippen LogP contribution >= 0.6 is 0 Å². The van der Waals surface area contributed by atoms with Crippen LogP contribution in [0.5, 0.6) is 0 Å². The minimum Gasteiger partial charge on any atom is -0.542 e. The van der Waals surface area contributed by atoms with E-state index in [2.05, 4.69) is 25.5 Å². The zero-order valence-corrected chi connectivity index (χ0v) is 12.9. The van der Waals surface area contributed by atoms with Crippen molar-refractivity contribution in [2.24, 2.45) is 0 Å². The van der Waals surface area contributed by atoms with Crippen LogP contribution in [0.4, 0.5) is 11.6 Å². The number of H-pyrrole nitrogens is 1. The van der Waals surface area contributed by atoms with Crippen LogP contribution in [-0.4, -0.2) is 26.1 Å². The van der Waals surface area contributed by atoms with Gasteiger partial charge in [-0.05, 0) is 26.0 Å². The fourth-order valence-corrected chi connectivity index (χ4v) is 1.92. The van der Waals surface area contributed by atoms with Crippen molar-refractivity contribution in [2.75, 3.05) is 5.32 Å². The van der Waals surface area contributed by atoms with Gasteiger partial charge in [-0.1, -0.05) is 0 Å². The molecule has 23 heavy (non-hydrogen) atoms. The zero-order valence-electron chi connectivity index (χ0n) is 12.9. The van der Waals surface area contributed by atoms with Gasteiger partial charge in [-0.3, -0.25) is 5.10 Å². The van der Waals surface area contributed by atoms with E-state index >= 15 is 0 Å². The molecule has 0 amide bonds. The first-order valence-electron chi connectivity index (χ1n) is 6.47. The van der Waals surface area contributed by atoms with Gasteiger partial charge in [-0.15, -0.1) is 0 Å². The fourth-order valence-electron chi connectivity index (χ4n) is 1.92. The summed E-state index contributed by atoms with van der Waals surface area (Å²) in [5.41, 5.74) is 1.62. The number of hydrogen-bond acceptors (Lipinski definition) is 7. The van der Waals surface area contributed by atoms with Crippen LogP contribution in [0.3, 0.4) is 0 Å². The minimum absolute atomic E-state index is 0. The van der Waals surface area contributed by atoms with Gasteiger partial charge >= 0.3 is 18.9 Å². The predicted octanol–water partition coefficient (Wildman–Crippen LogP) is -1.81. The Morgan fingerprint density at radius 1 is 1.22 bits per heavy atom. The third-order valence-electron chi connectivity index (χ3n) is 2.84. The number of carbonyl (C=O) groups excluding carboxylic acids is 1. The van der Waals surface area contributed by atoms with Gasteiger partial charge in [0.15, 0.2) is 17.4 Å². The number of rotatable bonds is 4. The Kier molecular flexibility index (Phi) is 4.88. The first-order valence-corrected chi connectivity index (χ1v) is 6.47. The SMILES string of the molecule is Cc1cc(Nc2cc(C)[nH]n2)nc(-c2ccc(C(=O)[O-])o2)n1.[Li+]. The summed E-state index contributed by atoms with van der Waals surface area (Å²) in [5.74, 6) is 0.0324. The molecule has 0 fully saturated rings. The number of anilines is 2. The summed E-state index contributed by atoms with van der Waals surface area (Å²) in [6, 6.07) is 6.37. The number of aromatic amines is 1. The Labute approximate surface area is 143 Å². The second kappa shape index (κ2) is 6.69. The van der Waals surface area contributed by atoms with Gasteiger partial charge in [-0.25, -0.2) is 9.97 Å². The van der Waals surface area contributed by atoms with Crippen LogP contribution in [0.15, 0.2) is 28.7 Å². The van der Waals surface area contributed by atoms with Crippen LogP contribution in [0.25, 0.3) is 11.6 Å². The number of furan rings is 1. The van der Waals surface area contributed by atoms with Crippen LogP contribution in [-0.2, 0) is 0 Å². The molecule has 112 valence electrons. The third-order valence-corrected chi connectivity index (χ3v) is 2.84. The van der Waals surface area contributed by atoms with E-state index in [1.54, 1.807) is 13.0 Å². The summed E-state index contributed by atoms with van der Waals surface area (Å²) < 4.78 is 5.16. The molecule has 0 bridgehead atoms. The summed E-state index contributed by atoms with van der Waals surface area (Å²) in [6.45, 7) is 3.69. The average Bonchev–Trinajstić information content (AvgIpc) is 3.07. The van der Waals surface area contributed by atoms with Gasteiger partial charge in [-0.2, -0.15) is 5.10 Å². The van der Waals surface area contributed by atoms with Crippen molar-refractivity contribution in [1.82, 2.24) is 20.2 Å². The largest absolute Gasteiger partial charge is 1.00 e. The summed E-state index contributed by atoms with van der Waals surface area (Å²) in [5, 5.41) is 20.7. The Morgan fingerprint density at radius 2 is 2.00 bits per heavy atom. The van der Waals surface area contributed by atoms with E-state index < -0.39 is 5.97 Å². The van der Waals surface area contributed by atoms with Crippen LogP contribution in [0, 0.1) is 13.8 Å². The van der Waals surface area contributed by atoms with Crippen molar-refractivity contribution in [1.29, 1.82) is 0 Å². The number of hydrogen-bond donors (Lipinski definition) is 2. The second-order valence-electron chi connectivity index (χ2n) is 4.73. The molecule has 8 nitrogen and oxygen atoms in total. The van der Waals surface area contributed by atoms with Crippen molar-refractivity contribution < 1.29 is 33.2 Å². The normalized spacial score (nSPS) is 10.2. The van der Waals surface area contributed by atoms with E-state index in [-0.39, 0.29) is 36.2 Å². The molecule has 0 saturated heterocycles. The maximum absolute atomic E-state index is 10.8. The number of carbonyl (C=O) groups is 1. The molecular formula is C14H12LiN5O3. The van der Waals surface area contributed by atoms with Gasteiger partial charge in [0, 0.05) is 23.5 Å². The molecular weight excluding hydrogens is 293 g/mol. The van der Waals surface area contributed by atoms with Gasteiger partial charge in [0.25, 0.3) is 0 Å². The molecule has 3 aromatic rings. The molecule has 0 atom stereocenters. The van der Waals surface area contributed by atoms with Crippen LogP contribution in [0.1, 0.15) is 21.9 Å². The minimum atomic E-state index is -1.38. The number of carboxylic acids is 1. The molecule has 0 aliphatic carbocycles. The Bertz CT molecular complexity index is 843. The number of aromatic nitrogens is 4. The standard InChI is InChI=1S/C14H13N5O3.Li/c1-7-5-11(16-12-6-8(2)18-19-12)17-13(15-7)9-3-4-10(22-9)14(20)21;/h3-6H,1-2H3,(H,20,21)(H2,15,16,17,18,19);/q;+1/p-1. The molecule has 3 rings (SSSR count). The number of aryl methyl sites for hydroxylation is 2. The molecule has 0 saturated carbocycles. The first-order chi connectivity index (χ1) is 10.5.